The van der Waals surface area contributed by atoms with E-state index in [1.165, 1.54) is 4.31 Å². The number of fused-ring (bicyclic) bond motifs is 1. The second-order valence-electron chi connectivity index (χ2n) is 6.81. The maximum Gasteiger partial charge on any atom is 0.303 e. The molecule has 128 valence electrons. The Labute approximate surface area is 136 Å². The summed E-state index contributed by atoms with van der Waals surface area (Å²) in [7, 11) is -3.45. The first-order chi connectivity index (χ1) is 10.6. The quantitative estimate of drug-likeness (QED) is 0.867. The Morgan fingerprint density at radius 3 is 2.70 bits per heavy atom. The Morgan fingerprint density at radius 1 is 1.39 bits per heavy atom. The van der Waals surface area contributed by atoms with Crippen LogP contribution in [0.4, 0.5) is 0 Å². The molecule has 0 bridgehead atoms. The van der Waals surface area contributed by atoms with Crippen LogP contribution >= 0.6 is 0 Å². The zero-order valence-electron chi connectivity index (χ0n) is 13.7. The van der Waals surface area contributed by atoms with Gasteiger partial charge in [0, 0.05) is 48.8 Å². The molecule has 2 heterocycles. The molecule has 1 aromatic heterocycles. The topological polar surface area (TPSA) is 100 Å². The maximum absolute atomic E-state index is 12.3. The van der Waals surface area contributed by atoms with Crippen molar-refractivity contribution >= 4 is 16.0 Å². The molecule has 0 aliphatic carbocycles. The molecule has 7 nitrogen and oxygen atoms in total. The average molecular weight is 341 g/mol. The molecule has 0 radical (unpaired) electrons. The summed E-state index contributed by atoms with van der Waals surface area (Å²) in [4.78, 5) is 19.4. The van der Waals surface area contributed by atoms with Gasteiger partial charge in [-0.05, 0) is 6.42 Å². The van der Waals surface area contributed by atoms with Crippen molar-refractivity contribution in [3.63, 3.8) is 0 Å². The van der Waals surface area contributed by atoms with E-state index in [4.69, 9.17) is 5.11 Å². The highest BCUT2D eigenvalue weighted by atomic mass is 32.2. The fourth-order valence-corrected chi connectivity index (χ4v) is 3.90. The number of carbonyl (C=O) groups is 1. The molecule has 0 unspecified atom stereocenters. The van der Waals surface area contributed by atoms with E-state index >= 15 is 0 Å². The van der Waals surface area contributed by atoms with Crippen molar-refractivity contribution in [2.24, 2.45) is 0 Å². The van der Waals surface area contributed by atoms with Gasteiger partial charge in [-0.3, -0.25) is 4.79 Å². The van der Waals surface area contributed by atoms with Crippen molar-refractivity contribution in [1.82, 2.24) is 14.3 Å². The average Bonchev–Trinajstić information content (AvgIpc) is 2.44. The van der Waals surface area contributed by atoms with Gasteiger partial charge < -0.3 is 5.11 Å². The number of aromatic nitrogens is 2. The molecule has 1 aliphatic heterocycles. The van der Waals surface area contributed by atoms with Crippen LogP contribution in [-0.2, 0) is 33.2 Å². The second-order valence-corrected chi connectivity index (χ2v) is 8.90. The summed E-state index contributed by atoms with van der Waals surface area (Å²) < 4.78 is 26.0. The van der Waals surface area contributed by atoms with Gasteiger partial charge in [-0.1, -0.05) is 20.8 Å². The third-order valence-corrected chi connectivity index (χ3v) is 5.66. The van der Waals surface area contributed by atoms with E-state index in [1.54, 1.807) is 6.20 Å². The lowest BCUT2D eigenvalue weighted by molar-refractivity contribution is -0.137. The summed E-state index contributed by atoms with van der Waals surface area (Å²) in [6.45, 7) is 6.75. The summed E-state index contributed by atoms with van der Waals surface area (Å²) in [5, 5.41) is 8.62. The number of carboxylic acids is 1. The fraction of sp³-hybridized carbons (Fsp3) is 0.667. The van der Waals surface area contributed by atoms with Crippen molar-refractivity contribution in [3.8, 4) is 0 Å². The third-order valence-electron chi connectivity index (χ3n) is 3.76. The van der Waals surface area contributed by atoms with E-state index in [1.807, 2.05) is 20.8 Å². The lowest BCUT2D eigenvalue weighted by Crippen LogP contribution is -2.38. The van der Waals surface area contributed by atoms with Gasteiger partial charge >= 0.3 is 5.97 Å². The summed E-state index contributed by atoms with van der Waals surface area (Å²) >= 11 is 0. The highest BCUT2D eigenvalue weighted by Gasteiger charge is 2.28. The zero-order chi connectivity index (χ0) is 17.3. The molecular weight excluding hydrogens is 318 g/mol. The van der Waals surface area contributed by atoms with E-state index in [0.29, 0.717) is 13.0 Å². The van der Waals surface area contributed by atoms with Crippen LogP contribution in [0.25, 0.3) is 0 Å². The molecule has 1 aliphatic rings. The summed E-state index contributed by atoms with van der Waals surface area (Å²) in [5.41, 5.74) is 1.59. The number of rotatable bonds is 5. The third kappa shape index (κ3) is 4.48. The molecule has 23 heavy (non-hydrogen) atoms. The highest BCUT2D eigenvalue weighted by Crippen LogP contribution is 2.24. The van der Waals surface area contributed by atoms with Gasteiger partial charge in [-0.2, -0.15) is 4.31 Å². The van der Waals surface area contributed by atoms with Crippen molar-refractivity contribution in [3.05, 3.63) is 23.3 Å². The minimum atomic E-state index is -3.45. The number of carboxylic acid groups (broad SMARTS) is 1. The first-order valence-corrected chi connectivity index (χ1v) is 9.25. The van der Waals surface area contributed by atoms with Gasteiger partial charge in [0.1, 0.15) is 5.82 Å². The van der Waals surface area contributed by atoms with E-state index in [2.05, 4.69) is 9.97 Å². The fourth-order valence-electron chi connectivity index (χ4n) is 2.42. The zero-order valence-corrected chi connectivity index (χ0v) is 14.6. The molecule has 1 N–H and O–H groups in total. The molecule has 0 atom stereocenters. The molecule has 0 saturated heterocycles. The van der Waals surface area contributed by atoms with Crippen LogP contribution < -0.4 is 0 Å². The summed E-state index contributed by atoms with van der Waals surface area (Å²) in [6.07, 6.45) is 2.25. The van der Waals surface area contributed by atoms with Crippen molar-refractivity contribution < 1.29 is 18.3 Å². The Kier molecular flexibility index (Phi) is 5.05. The number of sulfonamides is 1. The molecule has 0 saturated carbocycles. The monoisotopic (exact) mass is 341 g/mol. The van der Waals surface area contributed by atoms with E-state index in [0.717, 1.165) is 17.1 Å². The minimum absolute atomic E-state index is 0.125. The Bertz CT molecular complexity index is 695. The van der Waals surface area contributed by atoms with Crippen LogP contribution in [0.1, 0.15) is 50.7 Å². The summed E-state index contributed by atoms with van der Waals surface area (Å²) in [5.74, 6) is -0.364. The van der Waals surface area contributed by atoms with Gasteiger partial charge in [0.15, 0.2) is 0 Å². The number of nitrogens with zero attached hydrogens (tertiary/aromatic N) is 3. The van der Waals surface area contributed by atoms with Crippen molar-refractivity contribution in [1.29, 1.82) is 0 Å². The first kappa shape index (κ1) is 17.8. The van der Waals surface area contributed by atoms with Gasteiger partial charge in [-0.25, -0.2) is 18.4 Å². The summed E-state index contributed by atoms with van der Waals surface area (Å²) in [6, 6.07) is 0. The highest BCUT2D eigenvalue weighted by molar-refractivity contribution is 7.89. The first-order valence-electron chi connectivity index (χ1n) is 7.64. The van der Waals surface area contributed by atoms with Gasteiger partial charge in [-0.15, -0.1) is 0 Å². The Balaban J connectivity index is 2.10. The maximum atomic E-state index is 12.3. The van der Waals surface area contributed by atoms with Gasteiger partial charge in [0.25, 0.3) is 0 Å². The minimum Gasteiger partial charge on any atom is -0.481 e. The van der Waals surface area contributed by atoms with Crippen LogP contribution in [0.2, 0.25) is 0 Å². The van der Waals surface area contributed by atoms with Gasteiger partial charge in [0.05, 0.1) is 5.75 Å². The second kappa shape index (κ2) is 6.52. The van der Waals surface area contributed by atoms with Gasteiger partial charge in [0.2, 0.25) is 10.0 Å². The normalized spacial score (nSPS) is 16.1. The lowest BCUT2D eigenvalue weighted by Gasteiger charge is -2.28. The molecule has 0 aromatic carbocycles. The van der Waals surface area contributed by atoms with Crippen molar-refractivity contribution in [2.75, 3.05) is 12.3 Å². The molecule has 8 heteroatoms. The predicted molar refractivity (Wildman–Crippen MR) is 85.5 cm³/mol. The molecule has 2 rings (SSSR count). The van der Waals surface area contributed by atoms with E-state index < -0.39 is 16.0 Å². The predicted octanol–water partition coefficient (Wildman–Crippen LogP) is 1.33. The smallest absolute Gasteiger partial charge is 0.303 e. The molecule has 0 fully saturated rings. The Hall–Kier alpha value is -1.54. The van der Waals surface area contributed by atoms with E-state index in [9.17, 15) is 13.2 Å². The van der Waals surface area contributed by atoms with Crippen LogP contribution in [0, 0.1) is 0 Å². The number of hydrogen-bond donors (Lipinski definition) is 1. The SMILES string of the molecule is CC(C)(C)c1ncc2c(n1)CCN(S(=O)(=O)CCCC(=O)O)C2. The van der Waals surface area contributed by atoms with Crippen molar-refractivity contribution in [2.45, 2.75) is 52.0 Å². The molecular formula is C15H23N3O4S. The largest absolute Gasteiger partial charge is 0.481 e. The van der Waals surface area contributed by atoms with Crippen LogP contribution in [0.3, 0.4) is 0 Å². The molecule has 0 spiro atoms. The van der Waals surface area contributed by atoms with Crippen LogP contribution in [0.15, 0.2) is 6.20 Å². The standard InChI is InChI=1S/C15H23N3O4S/c1-15(2,3)14-16-9-11-10-18(7-6-12(11)17-14)23(21,22)8-4-5-13(19)20/h9H,4-8,10H2,1-3H3,(H,19,20). The number of aliphatic carboxylic acids is 1. The molecule has 0 amide bonds. The number of hydrogen-bond acceptors (Lipinski definition) is 5. The lowest BCUT2D eigenvalue weighted by atomic mass is 9.95. The van der Waals surface area contributed by atoms with Crippen LogP contribution in [0.5, 0.6) is 0 Å². The molecule has 1 aromatic rings. The Morgan fingerprint density at radius 2 is 2.09 bits per heavy atom. The van der Waals surface area contributed by atoms with Crippen LogP contribution in [-0.4, -0.2) is 46.1 Å². The van der Waals surface area contributed by atoms with E-state index in [-0.39, 0.29) is 30.6 Å².